The Labute approximate surface area is 95.9 Å². The highest BCUT2D eigenvalue weighted by molar-refractivity contribution is 5.67. The lowest BCUT2D eigenvalue weighted by Crippen LogP contribution is -2.43. The van der Waals surface area contributed by atoms with E-state index in [1.165, 1.54) is 31.3 Å². The average Bonchev–Trinajstić information content (AvgIpc) is 2.75. The van der Waals surface area contributed by atoms with Gasteiger partial charge in [-0.25, -0.2) is 0 Å². The predicted octanol–water partition coefficient (Wildman–Crippen LogP) is 2.53. The summed E-state index contributed by atoms with van der Waals surface area (Å²) in [7, 11) is 0. The molecule has 1 aromatic rings. The van der Waals surface area contributed by atoms with Gasteiger partial charge < -0.3 is 9.84 Å². The quantitative estimate of drug-likeness (QED) is 0.787. The molecule has 0 radical (unpaired) electrons. The molecule has 3 heteroatoms. The summed E-state index contributed by atoms with van der Waals surface area (Å²) in [5.74, 6) is 1.75. The number of aromatic nitrogens is 1. The van der Waals surface area contributed by atoms with Gasteiger partial charge in [-0.3, -0.25) is 0 Å². The molecular formula is C13H18N2O. The first kappa shape index (κ1) is 10.1. The van der Waals surface area contributed by atoms with Crippen LogP contribution in [-0.2, 0) is 0 Å². The summed E-state index contributed by atoms with van der Waals surface area (Å²) in [6.07, 6.45) is 7.47. The van der Waals surface area contributed by atoms with Crippen molar-refractivity contribution in [2.45, 2.75) is 38.6 Å². The largest absolute Gasteiger partial charge is 0.356 e. The van der Waals surface area contributed by atoms with Crippen molar-refractivity contribution in [3.63, 3.8) is 0 Å². The molecule has 0 spiro atoms. The third-order valence-electron chi connectivity index (χ3n) is 3.74. The minimum Gasteiger partial charge on any atom is -0.356 e. The van der Waals surface area contributed by atoms with E-state index in [0.29, 0.717) is 6.04 Å². The van der Waals surface area contributed by atoms with Gasteiger partial charge in [0.1, 0.15) is 0 Å². The van der Waals surface area contributed by atoms with Crippen LogP contribution < -0.4 is 5.32 Å². The fourth-order valence-corrected chi connectivity index (χ4v) is 2.96. The second-order valence-electron chi connectivity index (χ2n) is 4.90. The minimum atomic E-state index is 0.495. The topological polar surface area (TPSA) is 38.1 Å². The molecule has 2 atom stereocenters. The third kappa shape index (κ3) is 1.69. The van der Waals surface area contributed by atoms with Gasteiger partial charge in [0.2, 0.25) is 0 Å². The lowest BCUT2D eigenvalue weighted by molar-refractivity contribution is 0.297. The lowest BCUT2D eigenvalue weighted by atomic mass is 9.78. The standard InChI is InChI=1S/C13H18N2O/c1-9-8-12(16-15-9)11-6-2-4-10-5-3-7-14-13(10)11/h6,8,10,13-14H,2-5,7H2,1H3. The van der Waals surface area contributed by atoms with E-state index in [1.54, 1.807) is 0 Å². The van der Waals surface area contributed by atoms with Crippen LogP contribution in [0, 0.1) is 12.8 Å². The van der Waals surface area contributed by atoms with E-state index in [1.807, 2.05) is 13.0 Å². The summed E-state index contributed by atoms with van der Waals surface area (Å²) in [4.78, 5) is 0. The maximum absolute atomic E-state index is 5.39. The molecule has 86 valence electrons. The minimum absolute atomic E-state index is 0.495. The zero-order valence-corrected chi connectivity index (χ0v) is 9.70. The van der Waals surface area contributed by atoms with Crippen LogP contribution in [0.3, 0.4) is 0 Å². The van der Waals surface area contributed by atoms with Gasteiger partial charge in [0.05, 0.1) is 5.69 Å². The number of piperidine rings is 1. The molecule has 0 aromatic carbocycles. The molecule has 1 aliphatic carbocycles. The van der Waals surface area contributed by atoms with Crippen LogP contribution in [0.4, 0.5) is 0 Å². The molecule has 16 heavy (non-hydrogen) atoms. The molecule has 2 aliphatic rings. The SMILES string of the molecule is Cc1cc(C2=CCCC3CCCNC23)on1. The van der Waals surface area contributed by atoms with Crippen molar-refractivity contribution in [3.05, 3.63) is 23.6 Å². The first-order valence-corrected chi connectivity index (χ1v) is 6.22. The number of hydrogen-bond donors (Lipinski definition) is 1. The summed E-state index contributed by atoms with van der Waals surface area (Å²) in [6.45, 7) is 3.10. The Morgan fingerprint density at radius 2 is 2.38 bits per heavy atom. The molecular weight excluding hydrogens is 200 g/mol. The zero-order valence-electron chi connectivity index (χ0n) is 9.70. The van der Waals surface area contributed by atoms with Gasteiger partial charge in [0.25, 0.3) is 0 Å². The normalized spacial score (nSPS) is 29.7. The number of nitrogens with one attached hydrogen (secondary N) is 1. The van der Waals surface area contributed by atoms with Gasteiger partial charge in [-0.1, -0.05) is 11.2 Å². The van der Waals surface area contributed by atoms with E-state index in [9.17, 15) is 0 Å². The van der Waals surface area contributed by atoms with Gasteiger partial charge in [-0.15, -0.1) is 0 Å². The first-order valence-electron chi connectivity index (χ1n) is 6.22. The van der Waals surface area contributed by atoms with Crippen molar-refractivity contribution in [1.29, 1.82) is 0 Å². The molecule has 1 aliphatic heterocycles. The fourth-order valence-electron chi connectivity index (χ4n) is 2.96. The van der Waals surface area contributed by atoms with E-state index >= 15 is 0 Å². The first-order chi connectivity index (χ1) is 7.84. The summed E-state index contributed by atoms with van der Waals surface area (Å²) >= 11 is 0. The number of aryl methyl sites for hydroxylation is 1. The van der Waals surface area contributed by atoms with Crippen LogP contribution in [0.1, 0.15) is 37.1 Å². The summed E-state index contributed by atoms with van der Waals surface area (Å²) in [5, 5.41) is 7.61. The van der Waals surface area contributed by atoms with Crippen molar-refractivity contribution in [2.24, 2.45) is 5.92 Å². The van der Waals surface area contributed by atoms with Gasteiger partial charge in [0, 0.05) is 17.7 Å². The van der Waals surface area contributed by atoms with Crippen LogP contribution in [0.15, 0.2) is 16.7 Å². The number of nitrogens with zero attached hydrogens (tertiary/aromatic N) is 1. The van der Waals surface area contributed by atoms with E-state index in [-0.39, 0.29) is 0 Å². The summed E-state index contributed by atoms with van der Waals surface area (Å²) in [6, 6.07) is 2.54. The molecule has 2 heterocycles. The molecule has 3 rings (SSSR count). The molecule has 3 nitrogen and oxygen atoms in total. The summed E-state index contributed by atoms with van der Waals surface area (Å²) in [5.41, 5.74) is 2.30. The van der Waals surface area contributed by atoms with Gasteiger partial charge >= 0.3 is 0 Å². The highest BCUT2D eigenvalue weighted by Crippen LogP contribution is 2.35. The molecule has 0 saturated carbocycles. The van der Waals surface area contributed by atoms with Crippen molar-refractivity contribution in [1.82, 2.24) is 10.5 Å². The smallest absolute Gasteiger partial charge is 0.164 e. The van der Waals surface area contributed by atoms with Crippen LogP contribution in [0.25, 0.3) is 5.57 Å². The zero-order chi connectivity index (χ0) is 11.0. The number of fused-ring (bicyclic) bond motifs is 1. The molecule has 1 saturated heterocycles. The number of allylic oxidation sites excluding steroid dienone is 1. The van der Waals surface area contributed by atoms with E-state index < -0.39 is 0 Å². The van der Waals surface area contributed by atoms with E-state index in [4.69, 9.17) is 4.52 Å². The van der Waals surface area contributed by atoms with Crippen molar-refractivity contribution in [3.8, 4) is 0 Å². The fraction of sp³-hybridized carbons (Fsp3) is 0.615. The van der Waals surface area contributed by atoms with Crippen LogP contribution in [0.2, 0.25) is 0 Å². The highest BCUT2D eigenvalue weighted by atomic mass is 16.5. The lowest BCUT2D eigenvalue weighted by Gasteiger charge is -2.36. The molecule has 1 fully saturated rings. The Kier molecular flexibility index (Phi) is 2.56. The van der Waals surface area contributed by atoms with Gasteiger partial charge in [-0.05, 0) is 45.1 Å². The highest BCUT2D eigenvalue weighted by Gasteiger charge is 2.31. The van der Waals surface area contributed by atoms with Gasteiger partial charge in [-0.2, -0.15) is 0 Å². The Morgan fingerprint density at radius 1 is 1.44 bits per heavy atom. The molecule has 1 N–H and O–H groups in total. The Bertz CT molecular complexity index is 408. The van der Waals surface area contributed by atoms with Crippen LogP contribution >= 0.6 is 0 Å². The van der Waals surface area contributed by atoms with Crippen LogP contribution in [0.5, 0.6) is 0 Å². The number of hydrogen-bond acceptors (Lipinski definition) is 3. The second kappa shape index (κ2) is 4.06. The number of rotatable bonds is 1. The third-order valence-corrected chi connectivity index (χ3v) is 3.74. The molecule has 2 unspecified atom stereocenters. The van der Waals surface area contributed by atoms with Crippen molar-refractivity contribution in [2.75, 3.05) is 6.54 Å². The van der Waals surface area contributed by atoms with Crippen LogP contribution in [-0.4, -0.2) is 17.7 Å². The molecule has 0 bridgehead atoms. The Balaban J connectivity index is 1.90. The predicted molar refractivity (Wildman–Crippen MR) is 63.0 cm³/mol. The maximum Gasteiger partial charge on any atom is 0.164 e. The Morgan fingerprint density at radius 3 is 3.19 bits per heavy atom. The van der Waals surface area contributed by atoms with Crippen molar-refractivity contribution >= 4 is 5.57 Å². The second-order valence-corrected chi connectivity index (χ2v) is 4.90. The Hall–Kier alpha value is -1.09. The monoisotopic (exact) mass is 218 g/mol. The van der Waals surface area contributed by atoms with Crippen molar-refractivity contribution < 1.29 is 4.52 Å². The maximum atomic E-state index is 5.39. The van der Waals surface area contributed by atoms with Gasteiger partial charge in [0.15, 0.2) is 5.76 Å². The van der Waals surface area contributed by atoms with E-state index in [0.717, 1.165) is 23.9 Å². The summed E-state index contributed by atoms with van der Waals surface area (Å²) < 4.78 is 5.39. The molecule has 1 aromatic heterocycles. The van der Waals surface area contributed by atoms with E-state index in [2.05, 4.69) is 16.5 Å². The average molecular weight is 218 g/mol. The molecule has 0 amide bonds.